The number of hydrogen-bond donors (Lipinski definition) is 3. The zero-order valence-electron chi connectivity index (χ0n) is 49.4. The summed E-state index contributed by atoms with van der Waals surface area (Å²) in [4.78, 5) is 23.3. The number of aliphatic hydroxyl groups is 1. The van der Waals surface area contributed by atoms with Gasteiger partial charge in [0.25, 0.3) is 0 Å². The number of aliphatic hydroxyl groups excluding tert-OH is 1. The summed E-state index contributed by atoms with van der Waals surface area (Å²) in [6.07, 6.45) is 72.8. The minimum absolute atomic E-state index is 0.0553. The van der Waals surface area contributed by atoms with E-state index >= 15 is 0 Å². The Morgan fingerprint density at radius 2 is 0.753 bits per heavy atom. The molecule has 0 rings (SSSR count). The Morgan fingerprint density at radius 1 is 0.452 bits per heavy atom. The van der Waals surface area contributed by atoms with Gasteiger partial charge in [-0.2, -0.15) is 0 Å². The fourth-order valence-corrected chi connectivity index (χ4v) is 10.3. The van der Waals surface area contributed by atoms with Crippen molar-refractivity contribution in [2.24, 2.45) is 0 Å². The molecular formula is C64H126N2O6P+. The monoisotopic (exact) mass is 1050 g/mol. The molecule has 0 fully saturated rings. The van der Waals surface area contributed by atoms with E-state index in [0.29, 0.717) is 17.4 Å². The highest BCUT2D eigenvalue weighted by molar-refractivity contribution is 7.47. The molecule has 0 heterocycles. The number of phosphoric acid groups is 1. The first-order chi connectivity index (χ1) is 35.5. The number of allylic oxidation sites excluding steroid dienone is 5. The van der Waals surface area contributed by atoms with Gasteiger partial charge in [0.1, 0.15) is 13.2 Å². The molecule has 1 amide bonds. The van der Waals surface area contributed by atoms with E-state index in [1.165, 1.54) is 250 Å². The fourth-order valence-electron chi connectivity index (χ4n) is 9.61. The van der Waals surface area contributed by atoms with Crippen LogP contribution in [0.2, 0.25) is 0 Å². The summed E-state index contributed by atoms with van der Waals surface area (Å²) >= 11 is 0. The molecule has 0 aliphatic rings. The highest BCUT2D eigenvalue weighted by Gasteiger charge is 2.27. The first kappa shape index (κ1) is 71.7. The second kappa shape index (κ2) is 55.5. The SMILES string of the molecule is CCCCCCCCCCCCCCCCC/C=C/CC/C=C/CC/C=C/C(O)C(COP(=O)(O)OCC[N+](C)(C)C)NC(=O)CCCCCCCCCCCCCCCCCCCCCCCCCCCC. The van der Waals surface area contributed by atoms with Crippen molar-refractivity contribution in [1.82, 2.24) is 5.32 Å². The van der Waals surface area contributed by atoms with Crippen molar-refractivity contribution in [3.8, 4) is 0 Å². The van der Waals surface area contributed by atoms with Crippen LogP contribution in [-0.2, 0) is 18.4 Å². The molecule has 3 N–H and O–H groups in total. The maximum Gasteiger partial charge on any atom is 0.472 e. The fraction of sp³-hybridized carbons (Fsp3) is 0.891. The predicted octanol–water partition coefficient (Wildman–Crippen LogP) is 19.7. The number of hydrogen-bond acceptors (Lipinski definition) is 5. The first-order valence-corrected chi connectivity index (χ1v) is 33.4. The predicted molar refractivity (Wildman–Crippen MR) is 318 cm³/mol. The van der Waals surface area contributed by atoms with Crippen molar-refractivity contribution in [2.75, 3.05) is 40.9 Å². The first-order valence-electron chi connectivity index (χ1n) is 31.9. The number of likely N-dealkylation sites (N-methyl/N-ethyl adjacent to an activating group) is 1. The maximum atomic E-state index is 13.0. The molecule has 0 aromatic rings. The molecule has 0 radical (unpaired) electrons. The standard InChI is InChI=1S/C64H125N2O6P/c1-6-8-10-12-14-16-18-20-22-24-26-28-30-32-34-36-38-40-42-44-46-48-50-52-54-56-58-64(68)65-62(61-72-73(69,70)71-60-59-66(3,4)5)63(67)57-55-53-51-49-47-45-43-41-39-37-35-33-31-29-27-25-23-21-19-17-15-13-11-9-7-2/h39,41,47,49,55,57,62-63,67H,6-38,40,42-46,48,50-54,56,58-61H2,1-5H3,(H-,65,68,69,70)/p+1/b41-39+,49-47+,57-55+. The third-order valence-electron chi connectivity index (χ3n) is 14.6. The van der Waals surface area contributed by atoms with Gasteiger partial charge < -0.3 is 19.8 Å². The van der Waals surface area contributed by atoms with E-state index in [1.54, 1.807) is 6.08 Å². The maximum absolute atomic E-state index is 13.0. The van der Waals surface area contributed by atoms with E-state index in [4.69, 9.17) is 9.05 Å². The third kappa shape index (κ3) is 58.2. The van der Waals surface area contributed by atoms with Gasteiger partial charge in [-0.3, -0.25) is 13.8 Å². The van der Waals surface area contributed by atoms with E-state index in [0.717, 1.165) is 44.9 Å². The number of nitrogens with zero attached hydrogens (tertiary/aromatic N) is 1. The number of rotatable bonds is 59. The van der Waals surface area contributed by atoms with Gasteiger partial charge in [0, 0.05) is 6.42 Å². The molecule has 0 bridgehead atoms. The van der Waals surface area contributed by atoms with Gasteiger partial charge in [-0.15, -0.1) is 0 Å². The number of carbonyl (C=O) groups excluding carboxylic acids is 1. The molecule has 0 spiro atoms. The quantitative estimate of drug-likeness (QED) is 0.0243. The zero-order chi connectivity index (χ0) is 53.5. The molecule has 0 aliphatic heterocycles. The van der Waals surface area contributed by atoms with Crippen LogP contribution in [0.5, 0.6) is 0 Å². The highest BCUT2D eigenvalue weighted by Crippen LogP contribution is 2.43. The second-order valence-electron chi connectivity index (χ2n) is 23.1. The lowest BCUT2D eigenvalue weighted by Gasteiger charge is -2.25. The van der Waals surface area contributed by atoms with Crippen LogP contribution in [0.25, 0.3) is 0 Å². The van der Waals surface area contributed by atoms with Crippen LogP contribution < -0.4 is 5.32 Å². The molecule has 0 aromatic carbocycles. The molecular weight excluding hydrogens is 924 g/mol. The molecule has 0 aliphatic carbocycles. The molecule has 73 heavy (non-hydrogen) atoms. The normalized spacial score (nSPS) is 14.0. The number of quaternary nitrogens is 1. The number of unbranched alkanes of at least 4 members (excludes halogenated alkanes) is 42. The molecule has 3 atom stereocenters. The van der Waals surface area contributed by atoms with Crippen molar-refractivity contribution in [2.45, 2.75) is 328 Å². The Balaban J connectivity index is 4.18. The summed E-state index contributed by atoms with van der Waals surface area (Å²) in [6.45, 7) is 4.84. The van der Waals surface area contributed by atoms with Gasteiger partial charge in [-0.25, -0.2) is 4.57 Å². The van der Waals surface area contributed by atoms with Crippen molar-refractivity contribution < 1.29 is 32.9 Å². The summed E-state index contributed by atoms with van der Waals surface area (Å²) in [5.74, 6) is -0.184. The van der Waals surface area contributed by atoms with Crippen LogP contribution in [0.15, 0.2) is 36.5 Å². The zero-order valence-corrected chi connectivity index (χ0v) is 50.3. The van der Waals surface area contributed by atoms with Crippen LogP contribution in [0.1, 0.15) is 316 Å². The van der Waals surface area contributed by atoms with Gasteiger partial charge >= 0.3 is 7.82 Å². The lowest BCUT2D eigenvalue weighted by molar-refractivity contribution is -0.870. The molecule has 3 unspecified atom stereocenters. The van der Waals surface area contributed by atoms with Crippen LogP contribution in [0.3, 0.4) is 0 Å². The Labute approximate surface area is 455 Å². The lowest BCUT2D eigenvalue weighted by Crippen LogP contribution is -2.45. The Hall–Kier alpha value is -1.28. The minimum atomic E-state index is -4.36. The van der Waals surface area contributed by atoms with Gasteiger partial charge in [0.2, 0.25) is 5.91 Å². The summed E-state index contributed by atoms with van der Waals surface area (Å²) in [6, 6.07) is -0.869. The number of phosphoric ester groups is 1. The average Bonchev–Trinajstić information content (AvgIpc) is 3.35. The van der Waals surface area contributed by atoms with E-state index in [9.17, 15) is 19.4 Å². The highest BCUT2D eigenvalue weighted by atomic mass is 31.2. The number of amides is 1. The van der Waals surface area contributed by atoms with Crippen LogP contribution in [0, 0.1) is 0 Å². The molecule has 9 heteroatoms. The van der Waals surface area contributed by atoms with Gasteiger partial charge in [0.05, 0.1) is 39.9 Å². The van der Waals surface area contributed by atoms with E-state index < -0.39 is 20.0 Å². The topological polar surface area (TPSA) is 105 Å². The van der Waals surface area contributed by atoms with Crippen LogP contribution in [-0.4, -0.2) is 73.4 Å². The Morgan fingerprint density at radius 3 is 1.10 bits per heavy atom. The summed E-state index contributed by atoms with van der Waals surface area (Å²) in [7, 11) is 1.56. The van der Waals surface area contributed by atoms with E-state index in [1.807, 2.05) is 27.2 Å². The minimum Gasteiger partial charge on any atom is -0.387 e. The van der Waals surface area contributed by atoms with Crippen molar-refractivity contribution in [3.63, 3.8) is 0 Å². The summed E-state index contributed by atoms with van der Waals surface area (Å²) in [5, 5.41) is 13.9. The molecule has 0 saturated heterocycles. The third-order valence-corrected chi connectivity index (χ3v) is 15.6. The van der Waals surface area contributed by atoms with E-state index in [-0.39, 0.29) is 19.1 Å². The van der Waals surface area contributed by atoms with Crippen LogP contribution in [0.4, 0.5) is 0 Å². The Bertz CT molecular complexity index is 1280. The Kier molecular flexibility index (Phi) is 54.5. The van der Waals surface area contributed by atoms with Gasteiger partial charge in [0.15, 0.2) is 0 Å². The second-order valence-corrected chi connectivity index (χ2v) is 24.6. The van der Waals surface area contributed by atoms with Crippen LogP contribution >= 0.6 is 7.82 Å². The van der Waals surface area contributed by atoms with Crippen molar-refractivity contribution in [1.29, 1.82) is 0 Å². The van der Waals surface area contributed by atoms with Crippen molar-refractivity contribution >= 4 is 13.7 Å². The number of nitrogens with one attached hydrogen (secondary N) is 1. The van der Waals surface area contributed by atoms with Crippen molar-refractivity contribution in [3.05, 3.63) is 36.5 Å². The lowest BCUT2D eigenvalue weighted by atomic mass is 10.0. The summed E-state index contributed by atoms with van der Waals surface area (Å²) < 4.78 is 23.7. The molecule has 432 valence electrons. The molecule has 8 nitrogen and oxygen atoms in total. The average molecular weight is 1050 g/mol. The van der Waals surface area contributed by atoms with Gasteiger partial charge in [-0.05, 0) is 44.9 Å². The molecule has 0 aromatic heterocycles. The number of carbonyl (C=O) groups is 1. The van der Waals surface area contributed by atoms with E-state index in [2.05, 4.69) is 43.5 Å². The molecule has 0 saturated carbocycles. The summed E-state index contributed by atoms with van der Waals surface area (Å²) in [5.41, 5.74) is 0. The smallest absolute Gasteiger partial charge is 0.387 e. The van der Waals surface area contributed by atoms with Gasteiger partial charge in [-0.1, -0.05) is 301 Å². The largest absolute Gasteiger partial charge is 0.472 e.